The van der Waals surface area contributed by atoms with Gasteiger partial charge in [-0.05, 0) is 0 Å². The van der Waals surface area contributed by atoms with Gasteiger partial charge in [0.15, 0.2) is 0 Å². The van der Waals surface area contributed by atoms with E-state index in [0.29, 0.717) is 0 Å². The number of hydrogen-bond acceptors (Lipinski definition) is 0. The van der Waals surface area contributed by atoms with Crippen molar-refractivity contribution in [2.45, 2.75) is 39.0 Å². The van der Waals surface area contributed by atoms with Crippen LogP contribution in [-0.4, -0.2) is 0 Å². The molecule has 0 aliphatic heterocycles. The van der Waals surface area contributed by atoms with E-state index < -0.39 is 0 Å². The third-order valence-electron chi connectivity index (χ3n) is 1.82. The second-order valence-corrected chi connectivity index (χ2v) is 2.77. The number of allylic oxidation sites excluding steroid dienone is 4. The van der Waals surface area contributed by atoms with Gasteiger partial charge in [-0.2, -0.15) is 6.08 Å². The van der Waals surface area contributed by atoms with E-state index in [1.54, 1.807) is 0 Å². The van der Waals surface area contributed by atoms with Crippen LogP contribution in [0.3, 0.4) is 0 Å². The van der Waals surface area contributed by atoms with Crippen molar-refractivity contribution < 1.29 is 18.6 Å². The van der Waals surface area contributed by atoms with Crippen molar-refractivity contribution in [1.82, 2.24) is 0 Å². The first-order valence-corrected chi connectivity index (χ1v) is 4.19. The van der Waals surface area contributed by atoms with Crippen LogP contribution >= 0.6 is 37.2 Å². The fraction of sp³-hybridized carbons (Fsp3) is 0.600. The van der Waals surface area contributed by atoms with E-state index in [-0.39, 0.29) is 55.8 Å². The molecule has 0 N–H and O–H groups in total. The topological polar surface area (TPSA) is 0 Å². The summed E-state index contributed by atoms with van der Waals surface area (Å²) in [6.07, 6.45) is 14.0. The molecule has 0 saturated heterocycles. The van der Waals surface area contributed by atoms with Crippen LogP contribution in [0.4, 0.5) is 0 Å². The molecule has 0 atom stereocenters. The van der Waals surface area contributed by atoms with Crippen molar-refractivity contribution in [3.8, 4) is 0 Å². The average molecular weight is 296 g/mol. The summed E-state index contributed by atoms with van der Waals surface area (Å²) in [5.41, 5.74) is 1.42. The summed E-state index contributed by atoms with van der Waals surface area (Å²) in [5, 5.41) is 0. The molecular formula is C10H18Cl3V-. The summed E-state index contributed by atoms with van der Waals surface area (Å²) < 4.78 is 0. The van der Waals surface area contributed by atoms with Crippen LogP contribution < -0.4 is 0 Å². The molecule has 0 heterocycles. The first kappa shape index (κ1) is 24.3. The maximum atomic E-state index is 3.32. The molecule has 1 aliphatic rings. The van der Waals surface area contributed by atoms with Crippen LogP contribution in [0.25, 0.3) is 0 Å². The minimum Gasteiger partial charge on any atom is -0.269 e. The van der Waals surface area contributed by atoms with Crippen molar-refractivity contribution in [3.63, 3.8) is 0 Å². The molecule has 0 fully saturated rings. The first-order valence-electron chi connectivity index (χ1n) is 4.19. The van der Waals surface area contributed by atoms with Gasteiger partial charge in [0.1, 0.15) is 0 Å². The summed E-state index contributed by atoms with van der Waals surface area (Å²) in [5.74, 6) is 0. The zero-order chi connectivity index (χ0) is 7.23. The third kappa shape index (κ3) is 11.0. The Labute approximate surface area is 118 Å². The van der Waals surface area contributed by atoms with E-state index in [2.05, 4.69) is 25.2 Å². The van der Waals surface area contributed by atoms with Gasteiger partial charge in [-0.3, -0.25) is 6.08 Å². The Kier molecular flexibility index (Phi) is 28.4. The van der Waals surface area contributed by atoms with Gasteiger partial charge >= 0.3 is 0 Å². The van der Waals surface area contributed by atoms with Gasteiger partial charge in [-0.15, -0.1) is 43.6 Å². The molecule has 1 radical (unpaired) electrons. The number of halogens is 3. The normalized spacial score (nSPS) is 11.4. The Bertz CT molecular complexity index is 155. The molecule has 0 aromatic rings. The second-order valence-electron chi connectivity index (χ2n) is 2.77. The molecule has 1 aliphatic carbocycles. The van der Waals surface area contributed by atoms with E-state index in [1.807, 2.05) is 0 Å². The van der Waals surface area contributed by atoms with Crippen molar-refractivity contribution in [1.29, 1.82) is 0 Å². The molecule has 0 bridgehead atoms. The molecular weight excluding hydrogens is 277 g/mol. The fourth-order valence-electron chi connectivity index (χ4n) is 1.19. The van der Waals surface area contributed by atoms with Crippen molar-refractivity contribution in [2.75, 3.05) is 0 Å². The predicted molar refractivity (Wildman–Crippen MR) is 66.4 cm³/mol. The van der Waals surface area contributed by atoms with Crippen molar-refractivity contribution >= 4 is 37.2 Å². The van der Waals surface area contributed by atoms with Crippen molar-refractivity contribution in [3.05, 3.63) is 23.8 Å². The van der Waals surface area contributed by atoms with Crippen LogP contribution in [0, 0.1) is 6.08 Å². The zero-order valence-corrected chi connectivity index (χ0v) is 12.2. The summed E-state index contributed by atoms with van der Waals surface area (Å²) in [6.45, 7) is 2.24. The van der Waals surface area contributed by atoms with E-state index in [4.69, 9.17) is 0 Å². The zero-order valence-electron chi connectivity index (χ0n) is 8.36. The molecule has 0 saturated carbocycles. The first-order chi connectivity index (χ1) is 4.93. The molecule has 0 spiro atoms. The summed E-state index contributed by atoms with van der Waals surface area (Å²) in [4.78, 5) is 0. The quantitative estimate of drug-likeness (QED) is 0.528. The predicted octanol–water partition coefficient (Wildman–Crippen LogP) is 4.52. The Morgan fingerprint density at radius 2 is 1.86 bits per heavy atom. The van der Waals surface area contributed by atoms with Gasteiger partial charge in [0.2, 0.25) is 0 Å². The van der Waals surface area contributed by atoms with Gasteiger partial charge in [-0.1, -0.05) is 32.6 Å². The minimum atomic E-state index is 0. The van der Waals surface area contributed by atoms with Crippen LogP contribution in [0.2, 0.25) is 0 Å². The minimum absolute atomic E-state index is 0. The molecule has 85 valence electrons. The van der Waals surface area contributed by atoms with E-state index in [9.17, 15) is 0 Å². The van der Waals surface area contributed by atoms with Crippen LogP contribution in [-0.2, 0) is 18.6 Å². The van der Waals surface area contributed by atoms with Gasteiger partial charge in [0.25, 0.3) is 0 Å². The molecule has 4 heteroatoms. The van der Waals surface area contributed by atoms with Gasteiger partial charge < -0.3 is 0 Å². The van der Waals surface area contributed by atoms with Gasteiger partial charge in [0, 0.05) is 18.6 Å². The van der Waals surface area contributed by atoms with E-state index in [1.165, 1.54) is 31.3 Å². The van der Waals surface area contributed by atoms with Crippen LogP contribution in [0.1, 0.15) is 39.0 Å². The molecule has 0 aromatic heterocycles. The summed E-state index contributed by atoms with van der Waals surface area (Å²) >= 11 is 0. The van der Waals surface area contributed by atoms with E-state index in [0.717, 1.165) is 6.42 Å². The number of unbranched alkanes of at least 4 members (excludes halogenated alkanes) is 2. The average Bonchev–Trinajstić information content (AvgIpc) is 2.41. The van der Waals surface area contributed by atoms with Gasteiger partial charge in [-0.25, -0.2) is 11.6 Å². The van der Waals surface area contributed by atoms with Crippen LogP contribution in [0.15, 0.2) is 17.7 Å². The van der Waals surface area contributed by atoms with Gasteiger partial charge in [0.05, 0.1) is 0 Å². The maximum absolute atomic E-state index is 3.32. The molecule has 1 rings (SSSR count). The largest absolute Gasteiger partial charge is 0.269 e. The van der Waals surface area contributed by atoms with E-state index >= 15 is 0 Å². The van der Waals surface area contributed by atoms with Crippen LogP contribution in [0.5, 0.6) is 0 Å². The third-order valence-corrected chi connectivity index (χ3v) is 1.82. The molecule has 0 unspecified atom stereocenters. The Balaban J connectivity index is -0.000000125. The summed E-state index contributed by atoms with van der Waals surface area (Å²) in [7, 11) is 0. The number of rotatable bonds is 4. The number of hydrogen-bond donors (Lipinski definition) is 0. The molecule has 0 nitrogen and oxygen atoms in total. The molecule has 0 aromatic carbocycles. The molecule has 14 heavy (non-hydrogen) atoms. The van der Waals surface area contributed by atoms with Crippen molar-refractivity contribution in [2.24, 2.45) is 0 Å². The Morgan fingerprint density at radius 3 is 2.29 bits per heavy atom. The SMILES string of the molecule is CCCCCC1=[C-]CC=C1.Cl.Cl.Cl.[V]. The fourth-order valence-corrected chi connectivity index (χ4v) is 1.19. The Hall–Kier alpha value is 0.934. The standard InChI is InChI=1S/C10H15.3ClH.V/c1-2-3-4-7-10-8-5-6-9-10;;;;/h5,8H,2-4,6-7H2,1H3;3*1H;/q-1;;;;. The summed E-state index contributed by atoms with van der Waals surface area (Å²) in [6, 6.07) is 0. The monoisotopic (exact) mass is 294 g/mol. The maximum Gasteiger partial charge on any atom is 0 e. The smallest absolute Gasteiger partial charge is 0 e. The Morgan fingerprint density at radius 1 is 1.21 bits per heavy atom. The second kappa shape index (κ2) is 16.4. The molecule has 0 amide bonds.